The van der Waals surface area contributed by atoms with Gasteiger partial charge in [0.2, 0.25) is 0 Å². The summed E-state index contributed by atoms with van der Waals surface area (Å²) in [4.78, 5) is 0. The lowest BCUT2D eigenvalue weighted by Crippen LogP contribution is -2.29. The van der Waals surface area contributed by atoms with Crippen molar-refractivity contribution in [3.05, 3.63) is 17.0 Å². The molecule has 1 aromatic rings. The van der Waals surface area contributed by atoms with Gasteiger partial charge in [-0.2, -0.15) is 5.10 Å². The predicted octanol–water partition coefficient (Wildman–Crippen LogP) is 2.11. The molecule has 2 unspecified atom stereocenters. The molecule has 1 aromatic heterocycles. The second kappa shape index (κ2) is 5.25. The second-order valence-electron chi connectivity index (χ2n) is 6.12. The summed E-state index contributed by atoms with van der Waals surface area (Å²) in [7, 11) is 0. The summed E-state index contributed by atoms with van der Waals surface area (Å²) in [6.07, 6.45) is 5.78. The maximum atomic E-state index is 6.12. The maximum absolute atomic E-state index is 6.12. The summed E-state index contributed by atoms with van der Waals surface area (Å²) in [6.45, 7) is 8.30. The van der Waals surface area contributed by atoms with Gasteiger partial charge < -0.3 is 10.1 Å². The average Bonchev–Trinajstić information content (AvgIpc) is 3.08. The summed E-state index contributed by atoms with van der Waals surface area (Å²) in [5.41, 5.74) is 3.73. The minimum Gasteiger partial charge on any atom is -0.372 e. The molecule has 1 saturated heterocycles. The van der Waals surface area contributed by atoms with Gasteiger partial charge in [-0.3, -0.25) is 4.68 Å². The van der Waals surface area contributed by atoms with Gasteiger partial charge in [0.05, 0.1) is 24.4 Å². The fraction of sp³-hybridized carbons (Fsp3) is 0.800. The first-order valence-electron chi connectivity index (χ1n) is 7.53. The molecule has 0 amide bonds. The van der Waals surface area contributed by atoms with E-state index in [0.717, 1.165) is 31.2 Å². The molecule has 106 valence electrons. The summed E-state index contributed by atoms with van der Waals surface area (Å²) < 4.78 is 8.24. The van der Waals surface area contributed by atoms with Gasteiger partial charge in [0.25, 0.3) is 0 Å². The molecule has 4 nitrogen and oxygen atoms in total. The molecule has 1 saturated carbocycles. The summed E-state index contributed by atoms with van der Waals surface area (Å²) in [6, 6.07) is 0.779. The van der Waals surface area contributed by atoms with E-state index in [-0.39, 0.29) is 0 Å². The molecule has 0 radical (unpaired) electrons. The number of aryl methyl sites for hydroxylation is 1. The van der Waals surface area contributed by atoms with Crippen LogP contribution < -0.4 is 5.32 Å². The summed E-state index contributed by atoms with van der Waals surface area (Å²) >= 11 is 0. The first kappa shape index (κ1) is 13.1. The zero-order valence-corrected chi connectivity index (χ0v) is 12.3. The Balaban J connectivity index is 1.51. The van der Waals surface area contributed by atoms with Gasteiger partial charge in [0, 0.05) is 18.3 Å². The smallest absolute Gasteiger partial charge is 0.0776 e. The zero-order chi connectivity index (χ0) is 13.4. The minimum absolute atomic E-state index is 0.336. The monoisotopic (exact) mass is 263 g/mol. The van der Waals surface area contributed by atoms with Crippen molar-refractivity contribution < 1.29 is 4.74 Å². The minimum atomic E-state index is 0.336. The van der Waals surface area contributed by atoms with Crippen LogP contribution in [0, 0.1) is 20.8 Å². The first-order chi connectivity index (χ1) is 9.13. The number of rotatable bonds is 5. The fourth-order valence-corrected chi connectivity index (χ4v) is 2.81. The molecule has 0 bridgehead atoms. The molecule has 1 aliphatic heterocycles. The lowest BCUT2D eigenvalue weighted by atomic mass is 10.2. The van der Waals surface area contributed by atoms with Crippen molar-refractivity contribution >= 4 is 0 Å². The van der Waals surface area contributed by atoms with Crippen LogP contribution in [0.5, 0.6) is 0 Å². The third kappa shape index (κ3) is 3.00. The largest absolute Gasteiger partial charge is 0.372 e. The number of nitrogens with zero attached hydrogens (tertiary/aromatic N) is 2. The van der Waals surface area contributed by atoms with Crippen LogP contribution in [0.2, 0.25) is 0 Å². The second-order valence-corrected chi connectivity index (χ2v) is 6.12. The van der Waals surface area contributed by atoms with Crippen LogP contribution in [0.4, 0.5) is 0 Å². The fourth-order valence-electron chi connectivity index (χ4n) is 2.81. The third-order valence-corrected chi connectivity index (χ3v) is 4.53. The van der Waals surface area contributed by atoms with E-state index in [0.29, 0.717) is 12.2 Å². The average molecular weight is 263 g/mol. The van der Waals surface area contributed by atoms with E-state index in [1.807, 2.05) is 0 Å². The molecule has 2 fully saturated rings. The Morgan fingerprint density at radius 3 is 2.53 bits per heavy atom. The molecule has 0 aromatic carbocycles. The molecule has 1 aliphatic carbocycles. The summed E-state index contributed by atoms with van der Waals surface area (Å²) in [5.74, 6) is 0. The van der Waals surface area contributed by atoms with Crippen molar-refractivity contribution in [2.24, 2.45) is 0 Å². The van der Waals surface area contributed by atoms with E-state index in [2.05, 4.69) is 35.9 Å². The molecule has 0 spiro atoms. The van der Waals surface area contributed by atoms with Gasteiger partial charge in [0.1, 0.15) is 0 Å². The number of ether oxygens (including phenoxy) is 1. The highest BCUT2D eigenvalue weighted by molar-refractivity contribution is 5.22. The SMILES string of the molecule is Cc1nn(CC2CCC(CNC3CC3)O2)c(C)c1C. The molecule has 3 rings (SSSR count). The molecule has 1 N–H and O–H groups in total. The first-order valence-corrected chi connectivity index (χ1v) is 7.53. The highest BCUT2D eigenvalue weighted by atomic mass is 16.5. The number of nitrogens with one attached hydrogen (secondary N) is 1. The van der Waals surface area contributed by atoms with E-state index in [1.54, 1.807) is 0 Å². The molecule has 2 heterocycles. The molecule has 2 atom stereocenters. The highest BCUT2D eigenvalue weighted by Gasteiger charge is 2.28. The number of hydrogen-bond acceptors (Lipinski definition) is 3. The van der Waals surface area contributed by atoms with Crippen LogP contribution in [0.1, 0.15) is 42.6 Å². The van der Waals surface area contributed by atoms with Crippen LogP contribution in [-0.2, 0) is 11.3 Å². The van der Waals surface area contributed by atoms with E-state index >= 15 is 0 Å². The molecule has 2 aliphatic rings. The lowest BCUT2D eigenvalue weighted by molar-refractivity contribution is 0.0336. The van der Waals surface area contributed by atoms with Crippen molar-refractivity contribution in [2.45, 2.75) is 71.2 Å². The molecular formula is C15H25N3O. The Morgan fingerprint density at radius 1 is 1.16 bits per heavy atom. The van der Waals surface area contributed by atoms with Gasteiger partial charge in [-0.25, -0.2) is 0 Å². The van der Waals surface area contributed by atoms with Crippen LogP contribution in [0.15, 0.2) is 0 Å². The highest BCUT2D eigenvalue weighted by Crippen LogP contribution is 2.24. The Morgan fingerprint density at radius 2 is 1.89 bits per heavy atom. The number of hydrogen-bond donors (Lipinski definition) is 1. The van der Waals surface area contributed by atoms with Gasteiger partial charge in [0.15, 0.2) is 0 Å². The quantitative estimate of drug-likeness (QED) is 0.884. The zero-order valence-electron chi connectivity index (χ0n) is 12.3. The van der Waals surface area contributed by atoms with Crippen LogP contribution >= 0.6 is 0 Å². The van der Waals surface area contributed by atoms with Crippen molar-refractivity contribution in [1.82, 2.24) is 15.1 Å². The molecule has 4 heteroatoms. The van der Waals surface area contributed by atoms with E-state index in [1.165, 1.54) is 30.5 Å². The standard InChI is InChI=1S/C15H25N3O/c1-10-11(2)17-18(12(10)3)9-15-7-6-14(19-15)8-16-13-4-5-13/h13-16H,4-9H2,1-3H3. The Bertz CT molecular complexity index is 450. The van der Waals surface area contributed by atoms with Gasteiger partial charge in [-0.15, -0.1) is 0 Å². The summed E-state index contributed by atoms with van der Waals surface area (Å²) in [5, 5.41) is 8.16. The normalized spacial score (nSPS) is 27.1. The van der Waals surface area contributed by atoms with Crippen molar-refractivity contribution in [3.63, 3.8) is 0 Å². The van der Waals surface area contributed by atoms with Gasteiger partial charge in [-0.1, -0.05) is 0 Å². The lowest BCUT2D eigenvalue weighted by Gasteiger charge is -2.15. The third-order valence-electron chi connectivity index (χ3n) is 4.53. The van der Waals surface area contributed by atoms with Crippen LogP contribution in [-0.4, -0.2) is 34.6 Å². The van der Waals surface area contributed by atoms with Crippen LogP contribution in [0.25, 0.3) is 0 Å². The maximum Gasteiger partial charge on any atom is 0.0776 e. The number of aromatic nitrogens is 2. The van der Waals surface area contributed by atoms with E-state index < -0.39 is 0 Å². The van der Waals surface area contributed by atoms with E-state index in [4.69, 9.17) is 4.74 Å². The van der Waals surface area contributed by atoms with Gasteiger partial charge in [-0.05, 0) is 52.0 Å². The van der Waals surface area contributed by atoms with Crippen LogP contribution in [0.3, 0.4) is 0 Å². The van der Waals surface area contributed by atoms with Gasteiger partial charge >= 0.3 is 0 Å². The van der Waals surface area contributed by atoms with Crippen molar-refractivity contribution in [2.75, 3.05) is 6.54 Å². The Kier molecular flexibility index (Phi) is 3.63. The van der Waals surface area contributed by atoms with Crippen molar-refractivity contribution in [1.29, 1.82) is 0 Å². The predicted molar refractivity (Wildman–Crippen MR) is 75.4 cm³/mol. The van der Waals surface area contributed by atoms with E-state index in [9.17, 15) is 0 Å². The topological polar surface area (TPSA) is 39.1 Å². The van der Waals surface area contributed by atoms with Crippen molar-refractivity contribution in [3.8, 4) is 0 Å². The Hall–Kier alpha value is -0.870. The Labute approximate surface area is 115 Å². The molecule has 19 heavy (non-hydrogen) atoms. The molecular weight excluding hydrogens is 238 g/mol.